The third kappa shape index (κ3) is 17.8. The zero-order valence-electron chi connectivity index (χ0n) is 28.4. The number of rotatable bonds is 14. The van der Waals surface area contributed by atoms with E-state index >= 15 is 0 Å². The van der Waals surface area contributed by atoms with Gasteiger partial charge in [-0.05, 0) is 41.7 Å². The number of halogens is 3. The van der Waals surface area contributed by atoms with Gasteiger partial charge < -0.3 is 32.1 Å². The molecule has 11 nitrogen and oxygen atoms in total. The Labute approximate surface area is 290 Å². The summed E-state index contributed by atoms with van der Waals surface area (Å²) in [6.07, 6.45) is -6.72. The lowest BCUT2D eigenvalue weighted by molar-refractivity contribution is -0.212. The second-order valence-corrected chi connectivity index (χ2v) is 10.9. The van der Waals surface area contributed by atoms with Crippen molar-refractivity contribution in [2.45, 2.75) is 64.8 Å². The van der Waals surface area contributed by atoms with E-state index in [0.29, 0.717) is 5.56 Å². The number of carbonyl (C=O) groups is 5. The Bertz CT molecular complexity index is 1470. The maximum atomic E-state index is 12.8. The van der Waals surface area contributed by atoms with Gasteiger partial charge in [0.05, 0.1) is 25.7 Å². The summed E-state index contributed by atoms with van der Waals surface area (Å²) in [7, 11) is 0. The molecule has 7 N–H and O–H groups in total. The van der Waals surface area contributed by atoms with Crippen LogP contribution >= 0.6 is 0 Å². The Balaban J connectivity index is 0.000000967. The number of nitrogens with two attached hydrogens (primary N) is 1. The number of hydrogen-bond donors (Lipinski definition) is 6. The van der Waals surface area contributed by atoms with Crippen LogP contribution in [0.25, 0.3) is 11.1 Å². The molecule has 2 atom stereocenters. The van der Waals surface area contributed by atoms with E-state index in [1.165, 1.54) is 12.0 Å². The van der Waals surface area contributed by atoms with E-state index in [-0.39, 0.29) is 0 Å². The lowest BCUT2D eigenvalue weighted by Gasteiger charge is -2.25. The van der Waals surface area contributed by atoms with E-state index in [0.717, 1.165) is 17.5 Å². The highest BCUT2D eigenvalue weighted by Crippen LogP contribution is 2.24. The van der Waals surface area contributed by atoms with E-state index in [9.17, 15) is 42.3 Å². The molecule has 0 aliphatic heterocycles. The normalized spacial score (nSPS) is 11.6. The standard InChI is InChI=1S/C25H28F3N5O6.C8H10.C3H8/c26-25(27,28)23(38)18(10-11-19(29)34)33-22(37)14-31-20(35)12-30-21(36)13-32-24(39)17-8-6-16(7-9-17)15-4-2-1-3-5-15;1-2-8-6-4-3-5-7-8;1-3-2/h1-9,18,23,38H,10-14H2,(H2,29,34)(H,30,36)(H,31,35)(H,32,39)(H,33,37);3-7H,2H2,1H3;3H2,1-2H3. The van der Waals surface area contributed by atoms with Gasteiger partial charge in [-0.25, -0.2) is 0 Å². The van der Waals surface area contributed by atoms with Crippen molar-refractivity contribution in [3.05, 3.63) is 96.1 Å². The average molecular weight is 702 g/mol. The number of hydrogen-bond acceptors (Lipinski definition) is 6. The van der Waals surface area contributed by atoms with Gasteiger partial charge >= 0.3 is 6.18 Å². The van der Waals surface area contributed by atoms with Crippen molar-refractivity contribution in [2.75, 3.05) is 19.6 Å². The number of nitrogens with one attached hydrogen (secondary N) is 4. The summed E-state index contributed by atoms with van der Waals surface area (Å²) in [5.74, 6) is -4.06. The molecule has 0 bridgehead atoms. The van der Waals surface area contributed by atoms with Crippen LogP contribution in [0.1, 0.15) is 56.0 Å². The molecule has 0 heterocycles. The first kappa shape index (κ1) is 42.8. The molecule has 0 spiro atoms. The third-order valence-corrected chi connectivity index (χ3v) is 6.57. The van der Waals surface area contributed by atoms with Crippen LogP contribution in [-0.4, -0.2) is 72.6 Å². The van der Waals surface area contributed by atoms with Crippen molar-refractivity contribution >= 4 is 29.5 Å². The number of aryl methyl sites for hydroxylation is 1. The van der Waals surface area contributed by atoms with Crippen molar-refractivity contribution in [3.8, 4) is 11.1 Å². The summed E-state index contributed by atoms with van der Waals surface area (Å²) >= 11 is 0. The van der Waals surface area contributed by atoms with Crippen LogP contribution < -0.4 is 27.0 Å². The van der Waals surface area contributed by atoms with Gasteiger partial charge in [-0.2, -0.15) is 13.2 Å². The predicted molar refractivity (Wildman–Crippen MR) is 184 cm³/mol. The molecule has 0 saturated heterocycles. The summed E-state index contributed by atoms with van der Waals surface area (Å²) in [6, 6.07) is 24.8. The Kier molecular flexibility index (Phi) is 19.8. The predicted octanol–water partition coefficient (Wildman–Crippen LogP) is 3.65. The van der Waals surface area contributed by atoms with Crippen LogP contribution in [-0.2, 0) is 25.6 Å². The molecule has 3 aromatic rings. The maximum absolute atomic E-state index is 12.8. The lowest BCUT2D eigenvalue weighted by Crippen LogP contribution is -2.52. The fraction of sp³-hybridized carbons (Fsp3) is 0.361. The monoisotopic (exact) mass is 701 g/mol. The number of amides is 5. The number of aliphatic hydroxyl groups excluding tert-OH is 1. The summed E-state index contributed by atoms with van der Waals surface area (Å²) in [5.41, 5.74) is 8.50. The van der Waals surface area contributed by atoms with E-state index in [4.69, 9.17) is 5.73 Å². The Hall–Kier alpha value is -5.24. The largest absolute Gasteiger partial charge is 0.416 e. The topological polar surface area (TPSA) is 180 Å². The summed E-state index contributed by atoms with van der Waals surface area (Å²) in [5, 5.41) is 18.0. The van der Waals surface area contributed by atoms with Crippen molar-refractivity contribution in [2.24, 2.45) is 5.73 Å². The van der Waals surface area contributed by atoms with Gasteiger partial charge in [-0.1, -0.05) is 100.0 Å². The van der Waals surface area contributed by atoms with Crippen LogP contribution in [0, 0.1) is 0 Å². The Morgan fingerprint density at radius 3 is 1.62 bits per heavy atom. The molecule has 0 saturated carbocycles. The first-order valence-electron chi connectivity index (χ1n) is 16.0. The van der Waals surface area contributed by atoms with Crippen molar-refractivity contribution < 1.29 is 42.3 Å². The van der Waals surface area contributed by atoms with Crippen LogP contribution in [0.3, 0.4) is 0 Å². The third-order valence-electron chi connectivity index (χ3n) is 6.57. The summed E-state index contributed by atoms with van der Waals surface area (Å²) in [6.45, 7) is 4.63. The molecule has 50 heavy (non-hydrogen) atoms. The zero-order valence-corrected chi connectivity index (χ0v) is 28.4. The van der Waals surface area contributed by atoms with Crippen molar-refractivity contribution in [1.82, 2.24) is 21.3 Å². The fourth-order valence-electron chi connectivity index (χ4n) is 4.00. The van der Waals surface area contributed by atoms with Gasteiger partial charge in [0.1, 0.15) is 0 Å². The van der Waals surface area contributed by atoms with Crippen molar-refractivity contribution in [3.63, 3.8) is 0 Å². The van der Waals surface area contributed by atoms with E-state index < -0.39 is 80.3 Å². The minimum Gasteiger partial charge on any atom is -0.382 e. The molecule has 0 aliphatic rings. The van der Waals surface area contributed by atoms with Gasteiger partial charge in [-0.3, -0.25) is 24.0 Å². The number of aliphatic hydroxyl groups is 1. The number of benzene rings is 3. The minimum absolute atomic E-state index is 0.316. The molecule has 0 aromatic heterocycles. The first-order chi connectivity index (χ1) is 23.7. The number of alkyl halides is 3. The van der Waals surface area contributed by atoms with Gasteiger partial charge in [0.2, 0.25) is 23.6 Å². The molecule has 5 amide bonds. The Morgan fingerprint density at radius 2 is 1.16 bits per heavy atom. The smallest absolute Gasteiger partial charge is 0.382 e. The lowest BCUT2D eigenvalue weighted by atomic mass is 10.0. The highest BCUT2D eigenvalue weighted by Gasteiger charge is 2.44. The van der Waals surface area contributed by atoms with Gasteiger partial charge in [0.15, 0.2) is 6.10 Å². The zero-order chi connectivity index (χ0) is 37.5. The second kappa shape index (κ2) is 23.2. The quantitative estimate of drug-likeness (QED) is 0.149. The van der Waals surface area contributed by atoms with E-state index in [1.54, 1.807) is 24.3 Å². The first-order valence-corrected chi connectivity index (χ1v) is 16.0. The summed E-state index contributed by atoms with van der Waals surface area (Å²) < 4.78 is 38.4. The summed E-state index contributed by atoms with van der Waals surface area (Å²) in [4.78, 5) is 58.9. The molecular formula is C36H46F3N5O6. The molecule has 14 heteroatoms. The minimum atomic E-state index is -5.07. The van der Waals surface area contributed by atoms with Crippen LogP contribution in [0.4, 0.5) is 13.2 Å². The molecule has 0 fully saturated rings. The number of primary amides is 1. The maximum Gasteiger partial charge on any atom is 0.416 e. The Morgan fingerprint density at radius 1 is 0.700 bits per heavy atom. The number of carbonyl (C=O) groups excluding carboxylic acids is 5. The van der Waals surface area contributed by atoms with E-state index in [1.807, 2.05) is 41.7 Å². The molecule has 0 aliphatic carbocycles. The van der Waals surface area contributed by atoms with Crippen LogP contribution in [0.5, 0.6) is 0 Å². The molecule has 3 aromatic carbocycles. The van der Waals surface area contributed by atoms with Gasteiger partial charge in [0, 0.05) is 12.0 Å². The van der Waals surface area contributed by atoms with Crippen LogP contribution in [0.15, 0.2) is 84.9 Å². The highest BCUT2D eigenvalue weighted by atomic mass is 19.4. The average Bonchev–Trinajstić information content (AvgIpc) is 3.11. The molecule has 0 radical (unpaired) electrons. The van der Waals surface area contributed by atoms with Crippen molar-refractivity contribution in [1.29, 1.82) is 0 Å². The molecular weight excluding hydrogens is 655 g/mol. The van der Waals surface area contributed by atoms with E-state index in [2.05, 4.69) is 61.0 Å². The molecule has 2 unspecified atom stereocenters. The SMILES string of the molecule is CCC.CCc1ccccc1.NC(=O)CCC(NC(=O)CNC(=O)CNC(=O)CNC(=O)c1ccc(-c2ccccc2)cc1)C(O)C(F)(F)F. The fourth-order valence-corrected chi connectivity index (χ4v) is 4.00. The second-order valence-electron chi connectivity index (χ2n) is 10.9. The highest BCUT2D eigenvalue weighted by molar-refractivity contribution is 5.97. The molecule has 3 rings (SSSR count). The van der Waals surface area contributed by atoms with Gasteiger partial charge in [-0.15, -0.1) is 0 Å². The van der Waals surface area contributed by atoms with Gasteiger partial charge in [0.25, 0.3) is 5.91 Å². The van der Waals surface area contributed by atoms with Crippen LogP contribution in [0.2, 0.25) is 0 Å². The molecule has 272 valence electrons.